The Labute approximate surface area is 151 Å². The number of rotatable bonds is 5. The van der Waals surface area contributed by atoms with E-state index in [9.17, 15) is 0 Å². The Hall–Kier alpha value is -1.60. The standard InChI is InChI=1S/C17H25BrN6/c1-19-17(20-7-10-23-8-3-2-4-9-23)21-11-15-13-24-12-14(18)5-6-16(24)22-15/h5-6,12-13H,2-4,7-11H2,1H3,(H2,19,20,21). The van der Waals surface area contributed by atoms with Gasteiger partial charge in [-0.2, -0.15) is 0 Å². The summed E-state index contributed by atoms with van der Waals surface area (Å²) in [5.41, 5.74) is 1.94. The van der Waals surface area contributed by atoms with E-state index < -0.39 is 0 Å². The normalized spacial score (nSPS) is 16.5. The SMILES string of the molecule is CN=C(NCCN1CCCCC1)NCc1cn2cc(Br)ccc2n1. The molecule has 0 aromatic carbocycles. The van der Waals surface area contributed by atoms with Crippen LogP contribution in [0.1, 0.15) is 25.0 Å². The van der Waals surface area contributed by atoms with Gasteiger partial charge in [-0.25, -0.2) is 4.98 Å². The zero-order valence-corrected chi connectivity index (χ0v) is 15.7. The van der Waals surface area contributed by atoms with Gasteiger partial charge in [-0.1, -0.05) is 6.42 Å². The zero-order valence-electron chi connectivity index (χ0n) is 14.1. The van der Waals surface area contributed by atoms with Gasteiger partial charge in [0.1, 0.15) is 5.65 Å². The number of nitrogens with zero attached hydrogens (tertiary/aromatic N) is 4. The maximum Gasteiger partial charge on any atom is 0.191 e. The highest BCUT2D eigenvalue weighted by Crippen LogP contribution is 2.12. The highest BCUT2D eigenvalue weighted by molar-refractivity contribution is 9.10. The van der Waals surface area contributed by atoms with Crippen LogP contribution in [0.4, 0.5) is 0 Å². The molecule has 6 nitrogen and oxygen atoms in total. The number of aromatic nitrogens is 2. The summed E-state index contributed by atoms with van der Waals surface area (Å²) in [5.74, 6) is 0.824. The number of hydrogen-bond acceptors (Lipinski definition) is 3. The first-order valence-corrected chi connectivity index (χ1v) is 9.34. The van der Waals surface area contributed by atoms with E-state index >= 15 is 0 Å². The summed E-state index contributed by atoms with van der Waals surface area (Å²) in [6.45, 7) is 5.10. The monoisotopic (exact) mass is 392 g/mol. The largest absolute Gasteiger partial charge is 0.355 e. The molecule has 0 atom stereocenters. The molecule has 0 bridgehead atoms. The fraction of sp³-hybridized carbons (Fsp3) is 0.529. The fourth-order valence-electron chi connectivity index (χ4n) is 3.01. The lowest BCUT2D eigenvalue weighted by Crippen LogP contribution is -2.42. The predicted molar refractivity (Wildman–Crippen MR) is 101 cm³/mol. The number of fused-ring (bicyclic) bond motifs is 1. The molecule has 0 amide bonds. The smallest absolute Gasteiger partial charge is 0.191 e. The van der Waals surface area contributed by atoms with Crippen molar-refractivity contribution in [3.05, 3.63) is 34.7 Å². The number of likely N-dealkylation sites (tertiary alicyclic amines) is 1. The Kier molecular flexibility index (Phi) is 6.09. The molecule has 0 saturated carbocycles. The van der Waals surface area contributed by atoms with Gasteiger partial charge >= 0.3 is 0 Å². The van der Waals surface area contributed by atoms with Crippen molar-refractivity contribution in [3.8, 4) is 0 Å². The van der Waals surface area contributed by atoms with Gasteiger partial charge in [-0.05, 0) is 54.0 Å². The van der Waals surface area contributed by atoms with Crippen LogP contribution in [0.25, 0.3) is 5.65 Å². The molecule has 130 valence electrons. The molecule has 0 radical (unpaired) electrons. The summed E-state index contributed by atoms with van der Waals surface area (Å²) in [6, 6.07) is 4.00. The minimum Gasteiger partial charge on any atom is -0.355 e. The van der Waals surface area contributed by atoms with Crippen LogP contribution in [0.2, 0.25) is 0 Å². The average Bonchev–Trinajstić information content (AvgIpc) is 3.00. The van der Waals surface area contributed by atoms with E-state index in [1.807, 2.05) is 28.9 Å². The number of nitrogens with one attached hydrogen (secondary N) is 2. The van der Waals surface area contributed by atoms with Crippen molar-refractivity contribution in [2.75, 3.05) is 33.2 Å². The molecule has 1 aliphatic rings. The number of hydrogen-bond donors (Lipinski definition) is 2. The number of aliphatic imine (C=N–C) groups is 1. The van der Waals surface area contributed by atoms with Crippen LogP contribution >= 0.6 is 15.9 Å². The maximum absolute atomic E-state index is 4.60. The molecule has 1 aliphatic heterocycles. The Morgan fingerprint density at radius 3 is 2.83 bits per heavy atom. The van der Waals surface area contributed by atoms with Crippen LogP contribution in [0.5, 0.6) is 0 Å². The minimum absolute atomic E-state index is 0.655. The second kappa shape index (κ2) is 8.48. The molecule has 3 heterocycles. The predicted octanol–water partition coefficient (Wildman–Crippen LogP) is 2.25. The van der Waals surface area contributed by atoms with Gasteiger partial charge < -0.3 is 19.9 Å². The lowest BCUT2D eigenvalue weighted by Gasteiger charge is -2.26. The molecule has 1 fully saturated rings. The van der Waals surface area contributed by atoms with Crippen molar-refractivity contribution < 1.29 is 0 Å². The number of imidazole rings is 1. The van der Waals surface area contributed by atoms with Crippen LogP contribution in [0.3, 0.4) is 0 Å². The number of piperidine rings is 1. The number of guanidine groups is 1. The summed E-state index contributed by atoms with van der Waals surface area (Å²) in [7, 11) is 1.80. The molecule has 0 unspecified atom stereocenters. The Bertz CT molecular complexity index is 689. The van der Waals surface area contributed by atoms with Crippen LogP contribution in [0, 0.1) is 0 Å². The molecule has 7 heteroatoms. The van der Waals surface area contributed by atoms with Crippen molar-refractivity contribution >= 4 is 27.5 Å². The molecule has 2 aromatic rings. The zero-order chi connectivity index (χ0) is 16.8. The molecule has 2 N–H and O–H groups in total. The number of pyridine rings is 1. The summed E-state index contributed by atoms with van der Waals surface area (Å²) in [4.78, 5) is 11.4. The van der Waals surface area contributed by atoms with E-state index in [0.29, 0.717) is 6.54 Å². The van der Waals surface area contributed by atoms with Crippen molar-refractivity contribution in [1.29, 1.82) is 0 Å². The van der Waals surface area contributed by atoms with Crippen LogP contribution < -0.4 is 10.6 Å². The summed E-state index contributed by atoms with van der Waals surface area (Å²) in [5, 5.41) is 6.72. The van der Waals surface area contributed by atoms with Crippen LogP contribution in [0.15, 0.2) is 34.0 Å². The number of halogens is 1. The van der Waals surface area contributed by atoms with Crippen molar-refractivity contribution in [1.82, 2.24) is 24.9 Å². The molecule has 1 saturated heterocycles. The van der Waals surface area contributed by atoms with Crippen LogP contribution in [-0.2, 0) is 6.54 Å². The van der Waals surface area contributed by atoms with Gasteiger partial charge in [-0.15, -0.1) is 0 Å². The van der Waals surface area contributed by atoms with Gasteiger partial charge in [-0.3, -0.25) is 4.99 Å². The molecule has 2 aromatic heterocycles. The first-order valence-electron chi connectivity index (χ1n) is 8.54. The second-order valence-corrected chi connectivity index (χ2v) is 7.02. The second-order valence-electron chi connectivity index (χ2n) is 6.10. The summed E-state index contributed by atoms with van der Waals surface area (Å²) in [6.07, 6.45) is 8.09. The molecular weight excluding hydrogens is 368 g/mol. The first kappa shape index (κ1) is 17.2. The van der Waals surface area contributed by atoms with E-state index in [1.165, 1.54) is 32.4 Å². The highest BCUT2D eigenvalue weighted by atomic mass is 79.9. The Morgan fingerprint density at radius 1 is 1.21 bits per heavy atom. The quantitative estimate of drug-likeness (QED) is 0.605. The van der Waals surface area contributed by atoms with E-state index in [1.54, 1.807) is 7.05 Å². The van der Waals surface area contributed by atoms with E-state index in [4.69, 9.17) is 0 Å². The van der Waals surface area contributed by atoms with Crippen molar-refractivity contribution in [3.63, 3.8) is 0 Å². The molecule has 0 spiro atoms. The average molecular weight is 393 g/mol. The Morgan fingerprint density at radius 2 is 2.04 bits per heavy atom. The van der Waals surface area contributed by atoms with Crippen LogP contribution in [-0.4, -0.2) is 53.5 Å². The van der Waals surface area contributed by atoms with Gasteiger partial charge in [0.2, 0.25) is 0 Å². The lowest BCUT2D eigenvalue weighted by molar-refractivity contribution is 0.232. The minimum atomic E-state index is 0.655. The molecule has 3 rings (SSSR count). The van der Waals surface area contributed by atoms with Gasteiger partial charge in [0.05, 0.1) is 12.2 Å². The molecular formula is C17H25BrN6. The van der Waals surface area contributed by atoms with E-state index in [2.05, 4.69) is 41.4 Å². The van der Waals surface area contributed by atoms with Crippen molar-refractivity contribution in [2.24, 2.45) is 4.99 Å². The van der Waals surface area contributed by atoms with Gasteiger partial charge in [0.15, 0.2) is 5.96 Å². The third-order valence-electron chi connectivity index (χ3n) is 4.29. The van der Waals surface area contributed by atoms with Crippen molar-refractivity contribution in [2.45, 2.75) is 25.8 Å². The molecule has 24 heavy (non-hydrogen) atoms. The lowest BCUT2D eigenvalue weighted by atomic mass is 10.1. The summed E-state index contributed by atoms with van der Waals surface area (Å²) >= 11 is 3.48. The maximum atomic E-state index is 4.60. The Balaban J connectivity index is 1.46. The third-order valence-corrected chi connectivity index (χ3v) is 4.76. The first-order chi connectivity index (χ1) is 11.7. The summed E-state index contributed by atoms with van der Waals surface area (Å²) < 4.78 is 3.07. The topological polar surface area (TPSA) is 57.0 Å². The highest BCUT2D eigenvalue weighted by Gasteiger charge is 2.09. The van der Waals surface area contributed by atoms with E-state index in [-0.39, 0.29) is 0 Å². The fourth-order valence-corrected chi connectivity index (χ4v) is 3.37. The van der Waals surface area contributed by atoms with E-state index in [0.717, 1.165) is 34.9 Å². The molecule has 0 aliphatic carbocycles. The van der Waals surface area contributed by atoms with Gasteiger partial charge in [0, 0.05) is 37.0 Å². The third kappa shape index (κ3) is 4.70. The van der Waals surface area contributed by atoms with Gasteiger partial charge in [0.25, 0.3) is 0 Å².